The third-order valence-corrected chi connectivity index (χ3v) is 5.44. The van der Waals surface area contributed by atoms with Crippen LogP contribution in [-0.2, 0) is 4.79 Å². The maximum Gasteiger partial charge on any atom is 0.319 e. The van der Waals surface area contributed by atoms with Crippen molar-refractivity contribution in [1.29, 1.82) is 0 Å². The topological polar surface area (TPSA) is 73.5 Å². The van der Waals surface area contributed by atoms with Gasteiger partial charge in [0.1, 0.15) is 6.04 Å². The number of nitrogens with zero attached hydrogens (tertiary/aromatic N) is 1. The van der Waals surface area contributed by atoms with Crippen molar-refractivity contribution >= 4 is 23.3 Å². The summed E-state index contributed by atoms with van der Waals surface area (Å²) in [5.41, 5.74) is 1.80. The number of hydrogen-bond donors (Lipinski definition) is 3. The van der Waals surface area contributed by atoms with E-state index >= 15 is 0 Å². The van der Waals surface area contributed by atoms with E-state index in [9.17, 15) is 9.59 Å². The van der Waals surface area contributed by atoms with Gasteiger partial charge in [0.05, 0.1) is 11.4 Å². The Bertz CT molecular complexity index is 628. The zero-order valence-corrected chi connectivity index (χ0v) is 15.0. The molecule has 1 aromatic rings. The molecule has 1 aromatic carbocycles. The fourth-order valence-electron chi connectivity index (χ4n) is 3.84. The first-order valence-electron chi connectivity index (χ1n) is 9.23. The third-order valence-electron chi connectivity index (χ3n) is 5.44. The molecule has 1 saturated carbocycles. The van der Waals surface area contributed by atoms with E-state index in [1.165, 1.54) is 25.7 Å². The van der Waals surface area contributed by atoms with Gasteiger partial charge < -0.3 is 20.9 Å². The number of amides is 3. The van der Waals surface area contributed by atoms with E-state index in [2.05, 4.69) is 27.9 Å². The van der Waals surface area contributed by atoms with Crippen molar-refractivity contribution in [3.63, 3.8) is 0 Å². The first-order valence-corrected chi connectivity index (χ1v) is 9.23. The first kappa shape index (κ1) is 17.6. The van der Waals surface area contributed by atoms with E-state index in [0.717, 1.165) is 17.8 Å². The van der Waals surface area contributed by atoms with Gasteiger partial charge >= 0.3 is 6.03 Å². The van der Waals surface area contributed by atoms with Crippen LogP contribution in [-0.4, -0.2) is 37.6 Å². The Kier molecular flexibility index (Phi) is 5.46. The smallest absolute Gasteiger partial charge is 0.319 e. The number of carbonyl (C=O) groups excluding carboxylic acids is 2. The highest BCUT2D eigenvalue weighted by Crippen LogP contribution is 2.31. The van der Waals surface area contributed by atoms with Crippen molar-refractivity contribution in [3.05, 3.63) is 24.3 Å². The highest BCUT2D eigenvalue weighted by molar-refractivity contribution is 5.96. The van der Waals surface area contributed by atoms with Gasteiger partial charge in [-0.25, -0.2) is 4.79 Å². The maximum atomic E-state index is 12.4. The molecule has 1 heterocycles. The summed E-state index contributed by atoms with van der Waals surface area (Å²) in [5, 5.41) is 8.56. The summed E-state index contributed by atoms with van der Waals surface area (Å²) in [5.74, 6) is 0.0289. The highest BCUT2D eigenvalue weighted by Gasteiger charge is 2.30. The van der Waals surface area contributed by atoms with Crippen LogP contribution in [0.2, 0.25) is 0 Å². The summed E-state index contributed by atoms with van der Waals surface area (Å²) in [4.78, 5) is 26.7. The lowest BCUT2D eigenvalue weighted by Crippen LogP contribution is -2.55. The lowest BCUT2D eigenvalue weighted by molar-refractivity contribution is -0.125. The lowest BCUT2D eigenvalue weighted by atomic mass is 9.94. The fourth-order valence-corrected chi connectivity index (χ4v) is 3.84. The van der Waals surface area contributed by atoms with E-state index in [1.54, 1.807) is 0 Å². The van der Waals surface area contributed by atoms with Crippen molar-refractivity contribution in [3.8, 4) is 0 Å². The molecule has 3 rings (SSSR count). The van der Waals surface area contributed by atoms with Gasteiger partial charge in [-0.2, -0.15) is 0 Å². The number of urea groups is 1. The van der Waals surface area contributed by atoms with Crippen molar-refractivity contribution in [2.24, 2.45) is 5.92 Å². The van der Waals surface area contributed by atoms with Gasteiger partial charge in [-0.1, -0.05) is 31.9 Å². The average molecular weight is 344 g/mol. The van der Waals surface area contributed by atoms with Crippen LogP contribution in [0, 0.1) is 5.92 Å². The number of piperidine rings is 1. The molecule has 0 spiro atoms. The van der Waals surface area contributed by atoms with Crippen LogP contribution in [0.25, 0.3) is 0 Å². The molecule has 6 nitrogen and oxygen atoms in total. The summed E-state index contributed by atoms with van der Waals surface area (Å²) < 4.78 is 0. The van der Waals surface area contributed by atoms with Crippen LogP contribution < -0.4 is 20.9 Å². The van der Waals surface area contributed by atoms with Crippen molar-refractivity contribution in [2.45, 2.75) is 51.1 Å². The van der Waals surface area contributed by atoms with Crippen molar-refractivity contribution in [1.82, 2.24) is 10.6 Å². The van der Waals surface area contributed by atoms with Crippen molar-refractivity contribution < 1.29 is 9.59 Å². The second-order valence-corrected chi connectivity index (χ2v) is 7.20. The standard InChI is InChI=1S/C19H28N4O2/c1-13-11-12-20-18(24)17(13)22-19(25)21-15-9-5-6-10-16(15)23(2)14-7-3-4-8-14/h5-6,9-10,13-14,17H,3-4,7-8,11-12H2,1-2H3,(H,20,24)(H2,21,22,25). The normalized spacial score (nSPS) is 23.8. The quantitative estimate of drug-likeness (QED) is 0.786. The molecule has 0 bridgehead atoms. The minimum atomic E-state index is -0.478. The number of hydrogen-bond acceptors (Lipinski definition) is 3. The van der Waals surface area contributed by atoms with Crippen LogP contribution in [0.15, 0.2) is 24.3 Å². The monoisotopic (exact) mass is 344 g/mol. The van der Waals surface area contributed by atoms with Crippen LogP contribution in [0.3, 0.4) is 0 Å². The van der Waals surface area contributed by atoms with Gasteiger partial charge in [0.15, 0.2) is 0 Å². The molecule has 1 aliphatic carbocycles. The second kappa shape index (κ2) is 7.76. The molecule has 25 heavy (non-hydrogen) atoms. The fraction of sp³-hybridized carbons (Fsp3) is 0.579. The summed E-state index contributed by atoms with van der Waals surface area (Å²) >= 11 is 0. The number of rotatable bonds is 4. The highest BCUT2D eigenvalue weighted by atomic mass is 16.2. The van der Waals surface area contributed by atoms with Gasteiger partial charge in [-0.05, 0) is 37.3 Å². The van der Waals surface area contributed by atoms with Crippen LogP contribution in [0.5, 0.6) is 0 Å². The zero-order valence-electron chi connectivity index (χ0n) is 15.0. The maximum absolute atomic E-state index is 12.4. The Morgan fingerprint density at radius 3 is 2.64 bits per heavy atom. The molecule has 0 radical (unpaired) electrons. The first-order chi connectivity index (χ1) is 12.1. The Hall–Kier alpha value is -2.24. The van der Waals surface area contributed by atoms with Gasteiger partial charge in [-0.15, -0.1) is 0 Å². The van der Waals surface area contributed by atoms with Gasteiger partial charge in [-0.3, -0.25) is 4.79 Å². The Morgan fingerprint density at radius 1 is 1.20 bits per heavy atom. The molecule has 0 aromatic heterocycles. The molecule has 6 heteroatoms. The molecule has 2 atom stereocenters. The molecule has 2 aliphatic rings. The van der Waals surface area contributed by atoms with E-state index < -0.39 is 6.04 Å². The van der Waals surface area contributed by atoms with E-state index in [1.807, 2.05) is 31.2 Å². The number of anilines is 2. The Morgan fingerprint density at radius 2 is 1.92 bits per heavy atom. The SMILES string of the molecule is CC1CCNC(=O)C1NC(=O)Nc1ccccc1N(C)C1CCCC1. The van der Waals surface area contributed by atoms with Gasteiger partial charge in [0.25, 0.3) is 0 Å². The molecule has 1 aliphatic heterocycles. The van der Waals surface area contributed by atoms with Crippen LogP contribution in [0.4, 0.5) is 16.2 Å². The number of para-hydroxylation sites is 2. The van der Waals surface area contributed by atoms with Crippen molar-refractivity contribution in [2.75, 3.05) is 23.8 Å². The lowest BCUT2D eigenvalue weighted by Gasteiger charge is -2.30. The molecule has 136 valence electrons. The summed E-state index contributed by atoms with van der Waals surface area (Å²) in [7, 11) is 2.09. The molecular weight excluding hydrogens is 316 g/mol. The predicted molar refractivity (Wildman–Crippen MR) is 99.8 cm³/mol. The number of benzene rings is 1. The molecule has 3 amide bonds. The Balaban J connectivity index is 1.68. The van der Waals surface area contributed by atoms with Crippen LogP contribution in [0.1, 0.15) is 39.0 Å². The minimum absolute atomic E-state index is 0.106. The molecule has 3 N–H and O–H groups in total. The second-order valence-electron chi connectivity index (χ2n) is 7.20. The van der Waals surface area contributed by atoms with E-state index in [-0.39, 0.29) is 17.9 Å². The van der Waals surface area contributed by atoms with E-state index in [4.69, 9.17) is 0 Å². The van der Waals surface area contributed by atoms with Gasteiger partial charge in [0.2, 0.25) is 5.91 Å². The van der Waals surface area contributed by atoms with E-state index in [0.29, 0.717) is 12.6 Å². The zero-order chi connectivity index (χ0) is 17.8. The number of carbonyl (C=O) groups is 2. The molecule has 2 unspecified atom stereocenters. The summed E-state index contributed by atoms with van der Waals surface area (Å²) in [6.07, 6.45) is 5.78. The summed E-state index contributed by atoms with van der Waals surface area (Å²) in [6.45, 7) is 2.67. The Labute approximate surface area is 149 Å². The van der Waals surface area contributed by atoms with Crippen LogP contribution >= 0.6 is 0 Å². The average Bonchev–Trinajstić information content (AvgIpc) is 3.13. The molecular formula is C19H28N4O2. The summed E-state index contributed by atoms with van der Waals surface area (Å²) in [6, 6.07) is 7.55. The third kappa shape index (κ3) is 4.06. The molecule has 2 fully saturated rings. The van der Waals surface area contributed by atoms with Gasteiger partial charge in [0, 0.05) is 19.6 Å². The minimum Gasteiger partial charge on any atom is -0.370 e. The largest absolute Gasteiger partial charge is 0.370 e. The predicted octanol–water partition coefficient (Wildman–Crippen LogP) is 2.71. The number of nitrogens with one attached hydrogen (secondary N) is 3. The molecule has 1 saturated heterocycles.